The average Bonchev–Trinajstić information content (AvgIpc) is 2.82. The molecule has 0 saturated heterocycles. The van der Waals surface area contributed by atoms with E-state index in [1.165, 1.54) is 30.3 Å². The number of carbonyl (C=O) groups excluding carboxylic acids is 1. The van der Waals surface area contributed by atoms with Crippen LogP contribution >= 0.6 is 23.2 Å². The maximum atomic E-state index is 12.5. The summed E-state index contributed by atoms with van der Waals surface area (Å²) in [6, 6.07) is 18.2. The van der Waals surface area contributed by atoms with Gasteiger partial charge in [0.05, 0.1) is 15.0 Å². The van der Waals surface area contributed by atoms with Crippen LogP contribution in [0.5, 0.6) is 5.75 Å². The van der Waals surface area contributed by atoms with Crippen LogP contribution in [0.25, 0.3) is 6.08 Å². The number of aryl methyl sites for hydroxylation is 1. The first kappa shape index (κ1) is 24.8. The Morgan fingerprint density at radius 2 is 1.68 bits per heavy atom. The van der Waals surface area contributed by atoms with Crippen LogP contribution in [0.15, 0.2) is 66.2 Å². The zero-order valence-electron chi connectivity index (χ0n) is 18.0. The highest BCUT2D eigenvalue weighted by atomic mass is 35.5. The van der Waals surface area contributed by atoms with Gasteiger partial charge in [0, 0.05) is 17.8 Å². The number of hydrogen-bond donors (Lipinski definition) is 1. The minimum atomic E-state index is -0.558. The lowest BCUT2D eigenvalue weighted by Crippen LogP contribution is -2.13. The molecule has 0 aliphatic heterocycles. The number of carbonyl (C=O) groups is 1. The van der Waals surface area contributed by atoms with Gasteiger partial charge in [-0.25, -0.2) is 0 Å². The van der Waals surface area contributed by atoms with Gasteiger partial charge in [-0.2, -0.15) is 5.26 Å². The van der Waals surface area contributed by atoms with Crippen LogP contribution in [0.2, 0.25) is 10.0 Å². The number of ether oxygens (including phenoxy) is 1. The van der Waals surface area contributed by atoms with Gasteiger partial charge in [0.1, 0.15) is 18.2 Å². The van der Waals surface area contributed by atoms with Crippen molar-refractivity contribution in [2.75, 3.05) is 5.32 Å². The number of hydrogen-bond acceptors (Lipinski definition) is 5. The summed E-state index contributed by atoms with van der Waals surface area (Å²) in [5.74, 6) is -0.338. The van der Waals surface area contributed by atoms with Crippen LogP contribution in [0, 0.1) is 21.4 Å². The highest BCUT2D eigenvalue weighted by Gasteiger charge is 2.14. The molecule has 172 valence electrons. The number of nitriles is 1. The lowest BCUT2D eigenvalue weighted by atomic mass is 10.1. The lowest BCUT2D eigenvalue weighted by molar-refractivity contribution is -0.384. The fourth-order valence-electron chi connectivity index (χ4n) is 3.01. The Morgan fingerprint density at radius 3 is 2.21 bits per heavy atom. The van der Waals surface area contributed by atoms with E-state index in [0.717, 1.165) is 12.0 Å². The van der Waals surface area contributed by atoms with E-state index in [2.05, 4.69) is 5.32 Å². The van der Waals surface area contributed by atoms with E-state index in [-0.39, 0.29) is 33.7 Å². The quantitative estimate of drug-likeness (QED) is 0.164. The number of amides is 1. The first-order valence-electron chi connectivity index (χ1n) is 10.2. The lowest BCUT2D eigenvalue weighted by Gasteiger charge is -2.11. The normalized spacial score (nSPS) is 10.9. The van der Waals surface area contributed by atoms with E-state index < -0.39 is 10.8 Å². The molecule has 1 amide bonds. The number of anilines is 1. The summed E-state index contributed by atoms with van der Waals surface area (Å²) in [7, 11) is 0. The predicted molar refractivity (Wildman–Crippen MR) is 132 cm³/mol. The number of nitrogens with zero attached hydrogens (tertiary/aromatic N) is 2. The van der Waals surface area contributed by atoms with Gasteiger partial charge in [0.25, 0.3) is 11.6 Å². The molecule has 0 aliphatic rings. The molecule has 0 radical (unpaired) electrons. The van der Waals surface area contributed by atoms with Gasteiger partial charge in [-0.15, -0.1) is 0 Å². The molecule has 3 aromatic rings. The minimum Gasteiger partial charge on any atom is -0.486 e. The molecule has 7 nitrogen and oxygen atoms in total. The third-order valence-corrected chi connectivity index (χ3v) is 5.41. The number of nitro benzene ring substituents is 1. The van der Waals surface area contributed by atoms with E-state index in [9.17, 15) is 20.2 Å². The predicted octanol–water partition coefficient (Wildman–Crippen LogP) is 6.59. The highest BCUT2D eigenvalue weighted by Crippen LogP contribution is 2.35. The van der Waals surface area contributed by atoms with Crippen LogP contribution in [-0.2, 0) is 17.8 Å². The fourth-order valence-corrected chi connectivity index (χ4v) is 3.62. The summed E-state index contributed by atoms with van der Waals surface area (Å²) in [4.78, 5) is 22.8. The number of benzene rings is 3. The van der Waals surface area contributed by atoms with Gasteiger partial charge in [-0.3, -0.25) is 14.9 Å². The Bertz CT molecular complexity index is 1260. The Balaban J connectivity index is 1.73. The van der Waals surface area contributed by atoms with Crippen molar-refractivity contribution in [3.8, 4) is 11.8 Å². The molecule has 0 aliphatic carbocycles. The van der Waals surface area contributed by atoms with E-state index in [1.54, 1.807) is 24.3 Å². The molecule has 9 heteroatoms. The van der Waals surface area contributed by atoms with Crippen LogP contribution in [-0.4, -0.2) is 10.8 Å². The van der Waals surface area contributed by atoms with Crippen molar-refractivity contribution in [3.63, 3.8) is 0 Å². The molecule has 1 N–H and O–H groups in total. The first-order valence-corrected chi connectivity index (χ1v) is 10.9. The number of rotatable bonds is 8. The molecule has 3 aromatic carbocycles. The van der Waals surface area contributed by atoms with Crippen LogP contribution in [0.1, 0.15) is 23.6 Å². The van der Waals surface area contributed by atoms with Crippen LogP contribution in [0.3, 0.4) is 0 Å². The van der Waals surface area contributed by atoms with E-state index in [0.29, 0.717) is 16.8 Å². The summed E-state index contributed by atoms with van der Waals surface area (Å²) in [5.41, 5.74) is 2.71. The van der Waals surface area contributed by atoms with E-state index in [4.69, 9.17) is 27.9 Å². The molecule has 0 aromatic heterocycles. The second-order valence-electron chi connectivity index (χ2n) is 7.20. The van der Waals surface area contributed by atoms with Crippen molar-refractivity contribution < 1.29 is 14.5 Å². The van der Waals surface area contributed by atoms with Gasteiger partial charge in [-0.1, -0.05) is 42.3 Å². The Morgan fingerprint density at radius 1 is 1.09 bits per heavy atom. The molecule has 0 bridgehead atoms. The van der Waals surface area contributed by atoms with Crippen molar-refractivity contribution >= 4 is 46.6 Å². The standard InChI is InChI=1S/C25H19Cl2N3O4/c1-2-16-3-7-20(8-4-16)29-25(31)19(14-28)11-18-12-22(26)24(23(27)13-18)34-15-17-5-9-21(10-6-17)30(32)33/h3-13H,2,15H2,1H3,(H,29,31)/b19-11+. The third-order valence-electron chi connectivity index (χ3n) is 4.85. The highest BCUT2D eigenvalue weighted by molar-refractivity contribution is 6.37. The molecule has 0 heterocycles. The largest absolute Gasteiger partial charge is 0.486 e. The topological polar surface area (TPSA) is 105 Å². The number of non-ortho nitro benzene ring substituents is 1. The zero-order chi connectivity index (χ0) is 24.7. The summed E-state index contributed by atoms with van der Waals surface area (Å²) in [6.45, 7) is 2.13. The van der Waals surface area contributed by atoms with Crippen LogP contribution < -0.4 is 10.1 Å². The van der Waals surface area contributed by atoms with Crippen molar-refractivity contribution in [2.24, 2.45) is 0 Å². The second kappa shape index (κ2) is 11.3. The number of nitro groups is 1. The molecule has 0 atom stereocenters. The minimum absolute atomic E-state index is 0.0220. The van der Waals surface area contributed by atoms with Gasteiger partial charge >= 0.3 is 0 Å². The molecule has 0 spiro atoms. The summed E-state index contributed by atoms with van der Waals surface area (Å²) >= 11 is 12.6. The maximum Gasteiger partial charge on any atom is 0.269 e. The average molecular weight is 496 g/mol. The fraction of sp³-hybridized carbons (Fsp3) is 0.120. The van der Waals surface area contributed by atoms with Gasteiger partial charge in [0.15, 0.2) is 5.75 Å². The molecule has 34 heavy (non-hydrogen) atoms. The monoisotopic (exact) mass is 495 g/mol. The van der Waals surface area contributed by atoms with E-state index in [1.807, 2.05) is 25.1 Å². The molecule has 0 unspecified atom stereocenters. The van der Waals surface area contributed by atoms with Crippen molar-refractivity contribution in [3.05, 3.63) is 103 Å². The van der Waals surface area contributed by atoms with Crippen molar-refractivity contribution in [1.29, 1.82) is 5.26 Å². The Kier molecular flexibility index (Phi) is 8.25. The van der Waals surface area contributed by atoms with E-state index >= 15 is 0 Å². The molecule has 0 fully saturated rings. The smallest absolute Gasteiger partial charge is 0.269 e. The third kappa shape index (κ3) is 6.35. The van der Waals surface area contributed by atoms with Crippen molar-refractivity contribution in [2.45, 2.75) is 20.0 Å². The summed E-state index contributed by atoms with van der Waals surface area (Å²) < 4.78 is 5.69. The molecule has 3 rings (SSSR count). The number of nitrogens with one attached hydrogen (secondary N) is 1. The molecule has 0 saturated carbocycles. The SMILES string of the molecule is CCc1ccc(NC(=O)/C(C#N)=C/c2cc(Cl)c(OCc3ccc([N+](=O)[O-])cc3)c(Cl)c2)cc1. The first-order chi connectivity index (χ1) is 16.3. The summed E-state index contributed by atoms with van der Waals surface area (Å²) in [6.07, 6.45) is 2.26. The maximum absolute atomic E-state index is 12.5. The number of halogens is 2. The van der Waals surface area contributed by atoms with Crippen molar-refractivity contribution in [1.82, 2.24) is 0 Å². The summed E-state index contributed by atoms with van der Waals surface area (Å²) in [5, 5.41) is 23.3. The van der Waals surface area contributed by atoms with Gasteiger partial charge in [-0.05, 0) is 65.6 Å². The zero-order valence-corrected chi connectivity index (χ0v) is 19.6. The van der Waals surface area contributed by atoms with Gasteiger partial charge < -0.3 is 10.1 Å². The second-order valence-corrected chi connectivity index (χ2v) is 8.01. The molecular formula is C25H19Cl2N3O4. The van der Waals surface area contributed by atoms with Crippen LogP contribution in [0.4, 0.5) is 11.4 Å². The Hall–Kier alpha value is -3.86. The Labute approximate surface area is 206 Å². The van der Waals surface area contributed by atoms with Gasteiger partial charge in [0.2, 0.25) is 0 Å². The molecular weight excluding hydrogens is 477 g/mol.